The Morgan fingerprint density at radius 2 is 1.78 bits per heavy atom. The first kappa shape index (κ1) is 27.2. The largest absolute Gasteiger partial charge is 0.490 e. The molecule has 0 atom stereocenters. The van der Waals surface area contributed by atoms with Gasteiger partial charge in [-0.3, -0.25) is 4.79 Å². The lowest BCUT2D eigenvalue weighted by atomic mass is 9.95. The maximum Gasteiger partial charge on any atom is 0.282 e. The fourth-order valence-electron chi connectivity index (χ4n) is 3.65. The van der Waals surface area contributed by atoms with Crippen LogP contribution in [0.25, 0.3) is 10.9 Å². The second-order valence-corrected chi connectivity index (χ2v) is 11.1. The zero-order chi connectivity index (χ0) is 26.7. The lowest BCUT2D eigenvalue weighted by molar-refractivity contribution is 0.269. The van der Waals surface area contributed by atoms with E-state index in [9.17, 15) is 4.79 Å². The Balaban J connectivity index is 1.67. The molecule has 0 aliphatic carbocycles. The molecule has 0 fully saturated rings. The third kappa shape index (κ3) is 6.35. The van der Waals surface area contributed by atoms with Crippen molar-refractivity contribution in [1.29, 1.82) is 0 Å². The lowest BCUT2D eigenvalue weighted by Gasteiger charge is -2.21. The van der Waals surface area contributed by atoms with E-state index in [-0.39, 0.29) is 5.56 Å². The molecular weight excluding hydrogens is 577 g/mol. The van der Waals surface area contributed by atoms with E-state index in [2.05, 4.69) is 21.0 Å². The van der Waals surface area contributed by atoms with E-state index < -0.39 is 5.41 Å². The number of halogens is 3. The molecule has 0 saturated heterocycles. The number of hydrogen-bond donors (Lipinski definition) is 0. The summed E-state index contributed by atoms with van der Waals surface area (Å²) in [5, 5.41) is 5.99. The minimum Gasteiger partial charge on any atom is -0.490 e. The van der Waals surface area contributed by atoms with Crippen molar-refractivity contribution in [3.63, 3.8) is 0 Å². The van der Waals surface area contributed by atoms with E-state index in [1.807, 2.05) is 64.1 Å². The predicted octanol–water partition coefficient (Wildman–Crippen LogP) is 7.62. The summed E-state index contributed by atoms with van der Waals surface area (Å²) in [5.41, 5.74) is 1.61. The zero-order valence-electron chi connectivity index (χ0n) is 20.9. The lowest BCUT2D eigenvalue weighted by Crippen LogP contribution is -2.29. The van der Waals surface area contributed by atoms with Crippen LogP contribution in [0.2, 0.25) is 10.0 Å². The van der Waals surface area contributed by atoms with E-state index in [0.717, 1.165) is 15.6 Å². The molecule has 37 heavy (non-hydrogen) atoms. The maximum atomic E-state index is 13.4. The van der Waals surface area contributed by atoms with Gasteiger partial charge in [0.05, 0.1) is 33.8 Å². The van der Waals surface area contributed by atoms with Gasteiger partial charge >= 0.3 is 0 Å². The molecule has 192 valence electrons. The summed E-state index contributed by atoms with van der Waals surface area (Å²) >= 11 is 15.6. The molecule has 4 rings (SSSR count). The first-order valence-corrected chi connectivity index (χ1v) is 13.2. The number of fused-ring (bicyclic) bond motifs is 1. The predicted molar refractivity (Wildman–Crippen MR) is 154 cm³/mol. The van der Waals surface area contributed by atoms with Gasteiger partial charge in [0, 0.05) is 9.89 Å². The highest BCUT2D eigenvalue weighted by Gasteiger charge is 2.23. The van der Waals surface area contributed by atoms with Crippen LogP contribution in [-0.2, 0) is 12.0 Å². The van der Waals surface area contributed by atoms with Crippen LogP contribution in [0.1, 0.15) is 44.6 Å². The smallest absolute Gasteiger partial charge is 0.282 e. The van der Waals surface area contributed by atoms with Crippen molar-refractivity contribution in [2.45, 2.75) is 39.7 Å². The molecule has 1 aromatic heterocycles. The van der Waals surface area contributed by atoms with Gasteiger partial charge in [-0.1, -0.05) is 66.0 Å². The van der Waals surface area contributed by atoms with Crippen molar-refractivity contribution in [3.05, 3.63) is 96.4 Å². The molecule has 0 unspecified atom stereocenters. The van der Waals surface area contributed by atoms with Crippen LogP contribution in [0.15, 0.2) is 69.0 Å². The fourth-order valence-corrected chi connectivity index (χ4v) is 4.33. The van der Waals surface area contributed by atoms with Crippen LogP contribution in [0, 0.1) is 0 Å². The highest BCUT2D eigenvalue weighted by molar-refractivity contribution is 9.10. The third-order valence-corrected chi connectivity index (χ3v) is 6.68. The zero-order valence-corrected chi connectivity index (χ0v) is 24.0. The van der Waals surface area contributed by atoms with Gasteiger partial charge in [-0.25, -0.2) is 4.98 Å². The molecule has 0 spiro atoms. The molecule has 0 amide bonds. The van der Waals surface area contributed by atoms with Crippen LogP contribution in [0.5, 0.6) is 11.5 Å². The van der Waals surface area contributed by atoms with E-state index in [4.69, 9.17) is 37.7 Å². The van der Waals surface area contributed by atoms with Gasteiger partial charge in [0.25, 0.3) is 5.56 Å². The summed E-state index contributed by atoms with van der Waals surface area (Å²) in [6.45, 7) is 8.65. The quantitative estimate of drug-likeness (QED) is 0.204. The van der Waals surface area contributed by atoms with Gasteiger partial charge in [-0.05, 0) is 66.6 Å². The van der Waals surface area contributed by atoms with E-state index >= 15 is 0 Å². The number of ether oxygens (including phenoxy) is 2. The minimum absolute atomic E-state index is 0.237. The summed E-state index contributed by atoms with van der Waals surface area (Å²) in [6, 6.07) is 16.3. The Kier molecular flexibility index (Phi) is 8.26. The van der Waals surface area contributed by atoms with Gasteiger partial charge in [0.2, 0.25) is 0 Å². The molecule has 1 heterocycles. The van der Waals surface area contributed by atoms with Crippen LogP contribution in [0.4, 0.5) is 0 Å². The van der Waals surface area contributed by atoms with Crippen LogP contribution >= 0.6 is 39.1 Å². The van der Waals surface area contributed by atoms with Crippen molar-refractivity contribution >= 4 is 56.2 Å². The maximum absolute atomic E-state index is 13.4. The van der Waals surface area contributed by atoms with Crippen LogP contribution < -0.4 is 15.0 Å². The molecule has 0 bridgehead atoms. The molecule has 0 radical (unpaired) electrons. The normalized spacial score (nSPS) is 11.9. The molecule has 0 N–H and O–H groups in total. The molecule has 6 nitrogen and oxygen atoms in total. The Morgan fingerprint density at radius 1 is 1.00 bits per heavy atom. The van der Waals surface area contributed by atoms with Crippen molar-refractivity contribution in [3.8, 4) is 11.5 Å². The van der Waals surface area contributed by atoms with E-state index in [1.54, 1.807) is 24.4 Å². The standard InChI is InChI=1S/C28H26BrCl2N3O3/c1-5-36-25-13-17(7-11-24(25)37-16-18-6-9-21(30)22(31)12-18)15-32-34-26(35)20-14-19(29)8-10-23(20)33-27(34)28(2,3)4/h6-15H,5,16H2,1-4H3. The Morgan fingerprint density at radius 3 is 2.49 bits per heavy atom. The molecule has 9 heteroatoms. The SMILES string of the molecule is CCOc1cc(C=Nn2c(C(C)(C)C)nc3ccc(Br)cc3c2=O)ccc1OCc1ccc(Cl)c(Cl)c1. The molecule has 4 aromatic rings. The summed E-state index contributed by atoms with van der Waals surface area (Å²) in [7, 11) is 0. The van der Waals surface area contributed by atoms with Crippen molar-refractivity contribution in [1.82, 2.24) is 9.66 Å². The van der Waals surface area contributed by atoms with Crippen LogP contribution in [-0.4, -0.2) is 22.5 Å². The molecule has 0 aliphatic rings. The van der Waals surface area contributed by atoms with Gasteiger partial charge in [-0.2, -0.15) is 9.78 Å². The highest BCUT2D eigenvalue weighted by Crippen LogP contribution is 2.30. The summed E-state index contributed by atoms with van der Waals surface area (Å²) in [6.07, 6.45) is 1.62. The first-order valence-electron chi connectivity index (χ1n) is 11.7. The summed E-state index contributed by atoms with van der Waals surface area (Å²) < 4.78 is 14.0. The molecular formula is C28H26BrCl2N3O3. The second kappa shape index (κ2) is 11.3. The van der Waals surface area contributed by atoms with Gasteiger partial charge in [0.1, 0.15) is 12.4 Å². The number of nitrogens with zero attached hydrogens (tertiary/aromatic N) is 3. The Hall–Kier alpha value is -2.87. The number of aromatic nitrogens is 2. The first-order chi connectivity index (χ1) is 17.6. The molecule has 0 saturated carbocycles. The summed E-state index contributed by atoms with van der Waals surface area (Å²) in [4.78, 5) is 18.1. The number of benzene rings is 3. The average molecular weight is 603 g/mol. The molecule has 3 aromatic carbocycles. The molecule has 0 aliphatic heterocycles. The third-order valence-electron chi connectivity index (χ3n) is 5.45. The fraction of sp³-hybridized carbons (Fsp3) is 0.250. The summed E-state index contributed by atoms with van der Waals surface area (Å²) in [5.74, 6) is 1.71. The highest BCUT2D eigenvalue weighted by atomic mass is 79.9. The van der Waals surface area contributed by atoms with E-state index in [0.29, 0.717) is 51.5 Å². The van der Waals surface area contributed by atoms with Gasteiger partial charge in [0.15, 0.2) is 11.5 Å². The van der Waals surface area contributed by atoms with E-state index in [1.165, 1.54) is 4.68 Å². The number of rotatable bonds is 7. The van der Waals surface area contributed by atoms with Crippen molar-refractivity contribution in [2.24, 2.45) is 5.10 Å². The minimum atomic E-state index is -0.406. The Labute approximate surface area is 234 Å². The number of hydrogen-bond acceptors (Lipinski definition) is 5. The van der Waals surface area contributed by atoms with Crippen molar-refractivity contribution < 1.29 is 9.47 Å². The monoisotopic (exact) mass is 601 g/mol. The topological polar surface area (TPSA) is 65.7 Å². The van der Waals surface area contributed by atoms with Gasteiger partial charge < -0.3 is 9.47 Å². The second-order valence-electron chi connectivity index (χ2n) is 9.38. The van der Waals surface area contributed by atoms with Gasteiger partial charge in [-0.15, -0.1) is 0 Å². The Bertz CT molecular complexity index is 1540. The van der Waals surface area contributed by atoms with Crippen LogP contribution in [0.3, 0.4) is 0 Å². The van der Waals surface area contributed by atoms with Crippen molar-refractivity contribution in [2.75, 3.05) is 6.61 Å². The average Bonchev–Trinajstić information content (AvgIpc) is 2.84.